The van der Waals surface area contributed by atoms with Gasteiger partial charge in [-0.3, -0.25) is 0 Å². The molecule has 0 unspecified atom stereocenters. The van der Waals surface area contributed by atoms with Crippen molar-refractivity contribution in [3.8, 4) is 0 Å². The summed E-state index contributed by atoms with van der Waals surface area (Å²) in [6.07, 6.45) is 12.3. The van der Waals surface area contributed by atoms with Crippen LogP contribution in [0, 0.1) is 5.92 Å². The number of rotatable bonds is 3. The predicted molar refractivity (Wildman–Crippen MR) is 54.0 cm³/mol. The van der Waals surface area contributed by atoms with E-state index in [2.05, 4.69) is 19.1 Å². The standard InChI is InChI=1S/C11H21N/c1-2-3-4-5-10-6-8-11(12)9-7-10/h2-3,10-11H,4-9,12H2,1H3. The molecule has 0 heterocycles. The average molecular weight is 167 g/mol. The van der Waals surface area contributed by atoms with Crippen LogP contribution in [-0.2, 0) is 0 Å². The van der Waals surface area contributed by atoms with E-state index < -0.39 is 0 Å². The van der Waals surface area contributed by atoms with Crippen LogP contribution in [0.3, 0.4) is 0 Å². The van der Waals surface area contributed by atoms with Crippen molar-refractivity contribution in [2.24, 2.45) is 11.7 Å². The van der Waals surface area contributed by atoms with Crippen molar-refractivity contribution in [2.45, 2.75) is 51.5 Å². The molecule has 0 aromatic carbocycles. The molecule has 2 N–H and O–H groups in total. The number of hydrogen-bond donors (Lipinski definition) is 1. The van der Waals surface area contributed by atoms with E-state index in [0.29, 0.717) is 6.04 Å². The summed E-state index contributed by atoms with van der Waals surface area (Å²) in [5.41, 5.74) is 5.84. The Morgan fingerprint density at radius 3 is 2.50 bits per heavy atom. The van der Waals surface area contributed by atoms with Crippen LogP contribution in [0.15, 0.2) is 12.2 Å². The highest BCUT2D eigenvalue weighted by Crippen LogP contribution is 2.26. The van der Waals surface area contributed by atoms with Crippen LogP contribution in [-0.4, -0.2) is 6.04 Å². The molecule has 0 aliphatic heterocycles. The predicted octanol–water partition coefficient (Wildman–Crippen LogP) is 2.86. The van der Waals surface area contributed by atoms with E-state index >= 15 is 0 Å². The minimum Gasteiger partial charge on any atom is -0.328 e. The van der Waals surface area contributed by atoms with Crippen molar-refractivity contribution in [1.29, 1.82) is 0 Å². The molecule has 0 atom stereocenters. The molecule has 0 amide bonds. The third kappa shape index (κ3) is 3.40. The fourth-order valence-electron chi connectivity index (χ4n) is 1.98. The lowest BCUT2D eigenvalue weighted by Crippen LogP contribution is -2.26. The smallest absolute Gasteiger partial charge is 0.00390 e. The Morgan fingerprint density at radius 2 is 1.92 bits per heavy atom. The Bertz CT molecular complexity index is 132. The molecule has 0 radical (unpaired) electrons. The molecule has 1 fully saturated rings. The van der Waals surface area contributed by atoms with Crippen LogP contribution in [0.2, 0.25) is 0 Å². The van der Waals surface area contributed by atoms with E-state index in [4.69, 9.17) is 5.73 Å². The number of nitrogens with two attached hydrogens (primary N) is 1. The fourth-order valence-corrected chi connectivity index (χ4v) is 1.98. The van der Waals surface area contributed by atoms with Crippen LogP contribution in [0.4, 0.5) is 0 Å². The third-order valence-corrected chi connectivity index (χ3v) is 2.87. The van der Waals surface area contributed by atoms with E-state index in [-0.39, 0.29) is 0 Å². The zero-order chi connectivity index (χ0) is 8.81. The van der Waals surface area contributed by atoms with Crippen LogP contribution in [0.5, 0.6) is 0 Å². The maximum atomic E-state index is 5.84. The highest BCUT2D eigenvalue weighted by Gasteiger charge is 2.17. The second kappa shape index (κ2) is 5.36. The molecule has 0 saturated heterocycles. The van der Waals surface area contributed by atoms with Gasteiger partial charge >= 0.3 is 0 Å². The normalized spacial score (nSPS) is 31.2. The molecule has 1 aliphatic carbocycles. The Balaban J connectivity index is 2.09. The van der Waals surface area contributed by atoms with Crippen LogP contribution in [0.1, 0.15) is 45.4 Å². The first-order valence-corrected chi connectivity index (χ1v) is 5.19. The van der Waals surface area contributed by atoms with Crippen LogP contribution >= 0.6 is 0 Å². The van der Waals surface area contributed by atoms with Gasteiger partial charge in [0, 0.05) is 6.04 Å². The largest absolute Gasteiger partial charge is 0.328 e. The molecular formula is C11H21N. The molecule has 0 aromatic heterocycles. The Labute approximate surface area is 76.0 Å². The molecule has 1 rings (SSSR count). The maximum Gasteiger partial charge on any atom is 0.00390 e. The minimum absolute atomic E-state index is 0.503. The second-order valence-electron chi connectivity index (χ2n) is 3.93. The van der Waals surface area contributed by atoms with E-state index in [1.807, 2.05) is 0 Å². The third-order valence-electron chi connectivity index (χ3n) is 2.87. The Kier molecular flexibility index (Phi) is 4.37. The van der Waals surface area contributed by atoms with Gasteiger partial charge in [0.2, 0.25) is 0 Å². The van der Waals surface area contributed by atoms with E-state index in [9.17, 15) is 0 Å². The minimum atomic E-state index is 0.503. The summed E-state index contributed by atoms with van der Waals surface area (Å²) in [6, 6.07) is 0.503. The van der Waals surface area contributed by atoms with Gasteiger partial charge < -0.3 is 5.73 Å². The summed E-state index contributed by atoms with van der Waals surface area (Å²) >= 11 is 0. The first kappa shape index (κ1) is 9.79. The van der Waals surface area contributed by atoms with Gasteiger partial charge in [-0.15, -0.1) is 0 Å². The molecule has 0 bridgehead atoms. The molecule has 0 aromatic rings. The van der Waals surface area contributed by atoms with Crippen molar-refractivity contribution in [2.75, 3.05) is 0 Å². The van der Waals surface area contributed by atoms with E-state index in [1.54, 1.807) is 0 Å². The molecule has 1 nitrogen and oxygen atoms in total. The Morgan fingerprint density at radius 1 is 1.25 bits per heavy atom. The van der Waals surface area contributed by atoms with Gasteiger partial charge in [0.25, 0.3) is 0 Å². The van der Waals surface area contributed by atoms with Crippen LogP contribution in [0.25, 0.3) is 0 Å². The summed E-state index contributed by atoms with van der Waals surface area (Å²) in [6.45, 7) is 2.09. The lowest BCUT2D eigenvalue weighted by Gasteiger charge is -2.25. The van der Waals surface area contributed by atoms with Gasteiger partial charge in [0.15, 0.2) is 0 Å². The van der Waals surface area contributed by atoms with Crippen molar-refractivity contribution >= 4 is 0 Å². The first-order valence-electron chi connectivity index (χ1n) is 5.19. The zero-order valence-corrected chi connectivity index (χ0v) is 8.13. The summed E-state index contributed by atoms with van der Waals surface area (Å²) in [5.74, 6) is 0.959. The van der Waals surface area contributed by atoms with Crippen molar-refractivity contribution in [3.05, 3.63) is 12.2 Å². The molecule has 12 heavy (non-hydrogen) atoms. The maximum absolute atomic E-state index is 5.84. The van der Waals surface area contributed by atoms with E-state index in [0.717, 1.165) is 5.92 Å². The van der Waals surface area contributed by atoms with Gasteiger partial charge in [-0.25, -0.2) is 0 Å². The van der Waals surface area contributed by atoms with Crippen molar-refractivity contribution in [1.82, 2.24) is 0 Å². The molecule has 1 saturated carbocycles. The Hall–Kier alpha value is -0.300. The quantitative estimate of drug-likeness (QED) is 0.643. The lowest BCUT2D eigenvalue weighted by atomic mass is 9.84. The molecule has 1 aliphatic rings. The van der Waals surface area contributed by atoms with Gasteiger partial charge in [0.05, 0.1) is 0 Å². The summed E-state index contributed by atoms with van der Waals surface area (Å²) in [4.78, 5) is 0. The lowest BCUT2D eigenvalue weighted by molar-refractivity contribution is 0.312. The molecule has 0 spiro atoms. The van der Waals surface area contributed by atoms with Gasteiger partial charge in [-0.1, -0.05) is 12.2 Å². The van der Waals surface area contributed by atoms with Gasteiger partial charge in [-0.05, 0) is 51.4 Å². The summed E-state index contributed by atoms with van der Waals surface area (Å²) < 4.78 is 0. The summed E-state index contributed by atoms with van der Waals surface area (Å²) in [7, 11) is 0. The topological polar surface area (TPSA) is 26.0 Å². The molecule has 70 valence electrons. The number of hydrogen-bond acceptors (Lipinski definition) is 1. The molecule has 1 heteroatoms. The highest BCUT2D eigenvalue weighted by molar-refractivity contribution is 4.80. The fraction of sp³-hybridized carbons (Fsp3) is 0.818. The second-order valence-corrected chi connectivity index (χ2v) is 3.93. The van der Waals surface area contributed by atoms with E-state index in [1.165, 1.54) is 38.5 Å². The zero-order valence-electron chi connectivity index (χ0n) is 8.13. The molecular weight excluding hydrogens is 146 g/mol. The average Bonchev–Trinajstić information content (AvgIpc) is 2.09. The van der Waals surface area contributed by atoms with Crippen LogP contribution < -0.4 is 5.73 Å². The van der Waals surface area contributed by atoms with Crippen molar-refractivity contribution in [3.63, 3.8) is 0 Å². The monoisotopic (exact) mass is 167 g/mol. The van der Waals surface area contributed by atoms with Gasteiger partial charge in [-0.2, -0.15) is 0 Å². The highest BCUT2D eigenvalue weighted by atomic mass is 14.6. The van der Waals surface area contributed by atoms with Gasteiger partial charge in [0.1, 0.15) is 0 Å². The van der Waals surface area contributed by atoms with Crippen molar-refractivity contribution < 1.29 is 0 Å². The number of allylic oxidation sites excluding steroid dienone is 2. The summed E-state index contributed by atoms with van der Waals surface area (Å²) in [5, 5.41) is 0. The SMILES string of the molecule is CC=CCCC1CCC(N)CC1. The first-order chi connectivity index (χ1) is 5.83.